The second-order valence-electron chi connectivity index (χ2n) is 7.47. The Morgan fingerprint density at radius 1 is 1.46 bits per heavy atom. The molecule has 4 heterocycles. The summed E-state index contributed by atoms with van der Waals surface area (Å²) in [6.45, 7) is 0. The van der Waals surface area contributed by atoms with E-state index < -0.39 is 41.0 Å². The van der Waals surface area contributed by atoms with E-state index in [2.05, 4.69) is 20.7 Å². The molecule has 4 rings (SSSR count). The summed E-state index contributed by atoms with van der Waals surface area (Å²) in [5.41, 5.74) is 3.79. The number of rotatable bonds is 9. The lowest BCUT2D eigenvalue weighted by atomic mass is 9.97. The third kappa shape index (κ3) is 4.61. The predicted octanol–water partition coefficient (Wildman–Crippen LogP) is 0.0910. The molecule has 2 aliphatic heterocycles. The number of β-lactam (4-membered cyclic amide) rings is 1. The first-order chi connectivity index (χ1) is 16.7. The summed E-state index contributed by atoms with van der Waals surface area (Å²) >= 11 is 3.73. The third-order valence-corrected chi connectivity index (χ3v) is 8.52. The van der Waals surface area contributed by atoms with Crippen LogP contribution in [0.25, 0.3) is 0 Å². The fourth-order valence-electron chi connectivity index (χ4n) is 3.71. The van der Waals surface area contributed by atoms with Crippen molar-refractivity contribution >= 4 is 58.7 Å². The molecule has 0 bridgehead atoms. The molecule has 0 spiro atoms. The summed E-state index contributed by atoms with van der Waals surface area (Å²) in [7, 11) is 2.97. The number of aliphatic carboxylic acids is 1. The van der Waals surface area contributed by atoms with E-state index in [0.29, 0.717) is 15.6 Å². The standard InChI is InChI=1S/C19H21N7O6S3/c1-25-8-21-18(24-25)35-7-9-6-34-16-19(32-2,15(30)26(16)12(9)14(28)29)23-13(27)11(22-17(20)31)10-4-3-5-33-10/h3-5,8,11,16H,6-7H2,1-2H3,(H,23,27)(H,28,29)(H3,20,22,31)/t11?,16?,19-/m1/s1. The van der Waals surface area contributed by atoms with Crippen LogP contribution in [0.5, 0.6) is 0 Å². The average molecular weight is 540 g/mol. The highest BCUT2D eigenvalue weighted by atomic mass is 32.2. The number of amides is 4. The van der Waals surface area contributed by atoms with Crippen molar-refractivity contribution in [2.75, 3.05) is 18.6 Å². The first-order valence-electron chi connectivity index (χ1n) is 10.0. The molecule has 2 unspecified atom stereocenters. The zero-order valence-electron chi connectivity index (χ0n) is 18.5. The number of carbonyl (C=O) groups excluding carboxylic acids is 3. The Kier molecular flexibility index (Phi) is 7.07. The molecule has 13 nitrogen and oxygen atoms in total. The van der Waals surface area contributed by atoms with Gasteiger partial charge in [0.25, 0.3) is 17.5 Å². The Bertz CT molecular complexity index is 1200. The van der Waals surface area contributed by atoms with Gasteiger partial charge in [-0.3, -0.25) is 19.2 Å². The molecule has 1 fully saturated rings. The van der Waals surface area contributed by atoms with Crippen molar-refractivity contribution in [3.05, 3.63) is 40.0 Å². The van der Waals surface area contributed by atoms with Gasteiger partial charge in [0.15, 0.2) is 0 Å². The number of nitrogens with zero attached hydrogens (tertiary/aromatic N) is 4. The smallest absolute Gasteiger partial charge is 0.352 e. The molecule has 5 N–H and O–H groups in total. The maximum atomic E-state index is 13.3. The highest BCUT2D eigenvalue weighted by Crippen LogP contribution is 2.47. The van der Waals surface area contributed by atoms with Crippen LogP contribution in [0.3, 0.4) is 0 Å². The van der Waals surface area contributed by atoms with Crippen LogP contribution in [0.15, 0.2) is 40.3 Å². The molecule has 2 aromatic heterocycles. The van der Waals surface area contributed by atoms with Crippen LogP contribution in [0.1, 0.15) is 10.9 Å². The van der Waals surface area contributed by atoms with Crippen molar-refractivity contribution < 1.29 is 29.0 Å². The number of fused-ring (bicyclic) bond motifs is 1. The first-order valence-corrected chi connectivity index (χ1v) is 12.9. The number of hydrogen-bond acceptors (Lipinski definition) is 10. The maximum absolute atomic E-state index is 13.3. The molecule has 0 aromatic carbocycles. The van der Waals surface area contributed by atoms with Crippen LogP contribution in [0.2, 0.25) is 0 Å². The van der Waals surface area contributed by atoms with Gasteiger partial charge in [0.1, 0.15) is 23.4 Å². The Hall–Kier alpha value is -3.08. The summed E-state index contributed by atoms with van der Waals surface area (Å²) in [6, 6.07) is 1.27. The van der Waals surface area contributed by atoms with Gasteiger partial charge in [0.2, 0.25) is 5.16 Å². The number of urea groups is 1. The normalized spacial score (nSPS) is 22.3. The molecule has 186 valence electrons. The van der Waals surface area contributed by atoms with Crippen molar-refractivity contribution in [2.24, 2.45) is 12.8 Å². The van der Waals surface area contributed by atoms with Gasteiger partial charge in [0.05, 0.1) is 0 Å². The summed E-state index contributed by atoms with van der Waals surface area (Å²) in [5, 5.41) is 20.4. The number of ether oxygens (including phenoxy) is 1. The number of aryl methyl sites for hydroxylation is 1. The van der Waals surface area contributed by atoms with Gasteiger partial charge in [-0.2, -0.15) is 0 Å². The number of thioether (sulfide) groups is 2. The second kappa shape index (κ2) is 9.88. The minimum atomic E-state index is -1.81. The Morgan fingerprint density at radius 2 is 2.23 bits per heavy atom. The number of hydrogen-bond donors (Lipinski definition) is 4. The number of nitrogens with one attached hydrogen (secondary N) is 2. The maximum Gasteiger partial charge on any atom is 0.352 e. The molecule has 2 aromatic rings. The third-order valence-electron chi connectivity index (χ3n) is 5.27. The quantitative estimate of drug-likeness (QED) is 0.194. The number of methoxy groups -OCH3 is 1. The predicted molar refractivity (Wildman–Crippen MR) is 127 cm³/mol. The lowest BCUT2D eigenvalue weighted by molar-refractivity contribution is -0.192. The van der Waals surface area contributed by atoms with Gasteiger partial charge in [-0.05, 0) is 17.0 Å². The molecule has 0 saturated carbocycles. The van der Waals surface area contributed by atoms with Gasteiger partial charge in [-0.25, -0.2) is 14.6 Å². The average Bonchev–Trinajstić information content (AvgIpc) is 3.50. The van der Waals surface area contributed by atoms with Crippen molar-refractivity contribution in [1.82, 2.24) is 30.3 Å². The van der Waals surface area contributed by atoms with Crippen LogP contribution >= 0.6 is 34.9 Å². The number of primary amides is 1. The fraction of sp³-hybridized carbons (Fsp3) is 0.368. The summed E-state index contributed by atoms with van der Waals surface area (Å²) in [6.07, 6.45) is 1.53. The lowest BCUT2D eigenvalue weighted by Gasteiger charge is -2.56. The molecule has 1 saturated heterocycles. The Labute approximate surface area is 211 Å². The monoisotopic (exact) mass is 539 g/mol. The lowest BCUT2D eigenvalue weighted by Crippen LogP contribution is -2.81. The summed E-state index contributed by atoms with van der Waals surface area (Å²) in [5.74, 6) is -2.17. The molecule has 2 aliphatic rings. The van der Waals surface area contributed by atoms with Crippen molar-refractivity contribution in [1.29, 1.82) is 0 Å². The van der Waals surface area contributed by atoms with E-state index in [1.54, 1.807) is 24.6 Å². The van der Waals surface area contributed by atoms with E-state index in [1.807, 2.05) is 0 Å². The number of carboxylic acids is 1. The zero-order chi connectivity index (χ0) is 25.3. The molecule has 16 heteroatoms. The SMILES string of the molecule is CO[C@]1(NC(=O)C(NC(N)=O)c2cccs2)C(=O)N2C(C(=O)O)=C(CSc3ncn(C)n3)CSC21. The summed E-state index contributed by atoms with van der Waals surface area (Å²) < 4.78 is 7.00. The minimum absolute atomic E-state index is 0.158. The van der Waals surface area contributed by atoms with Gasteiger partial charge in [-0.15, -0.1) is 28.2 Å². The van der Waals surface area contributed by atoms with E-state index in [0.717, 1.165) is 4.90 Å². The van der Waals surface area contributed by atoms with Gasteiger partial charge in [0, 0.05) is 30.5 Å². The van der Waals surface area contributed by atoms with E-state index in [9.17, 15) is 24.3 Å². The Morgan fingerprint density at radius 3 is 2.80 bits per heavy atom. The zero-order valence-corrected chi connectivity index (χ0v) is 20.9. The van der Waals surface area contributed by atoms with Crippen molar-refractivity contribution in [3.8, 4) is 0 Å². The van der Waals surface area contributed by atoms with Crippen LogP contribution in [0.4, 0.5) is 4.79 Å². The fourth-order valence-corrected chi connectivity index (χ4v) is 6.90. The Balaban J connectivity index is 1.56. The molecule has 4 amide bonds. The van der Waals surface area contributed by atoms with E-state index >= 15 is 0 Å². The number of nitrogens with two attached hydrogens (primary N) is 1. The molecule has 0 aliphatic carbocycles. The van der Waals surface area contributed by atoms with Crippen LogP contribution in [0, 0.1) is 0 Å². The van der Waals surface area contributed by atoms with Crippen LogP contribution < -0.4 is 16.4 Å². The van der Waals surface area contributed by atoms with E-state index in [1.165, 1.54) is 53.0 Å². The number of carbonyl (C=O) groups is 4. The number of thiophene rings is 1. The summed E-state index contributed by atoms with van der Waals surface area (Å²) in [4.78, 5) is 55.7. The second-order valence-corrected chi connectivity index (χ2v) is 10.5. The van der Waals surface area contributed by atoms with Gasteiger partial charge in [-0.1, -0.05) is 17.8 Å². The number of carboxylic acid groups (broad SMARTS) is 1. The van der Waals surface area contributed by atoms with Crippen LogP contribution in [-0.2, 0) is 26.2 Å². The molecule has 35 heavy (non-hydrogen) atoms. The molecular weight excluding hydrogens is 518 g/mol. The van der Waals surface area contributed by atoms with Crippen LogP contribution in [-0.4, -0.2) is 78.3 Å². The van der Waals surface area contributed by atoms with E-state index in [-0.39, 0.29) is 17.2 Å². The van der Waals surface area contributed by atoms with Crippen molar-refractivity contribution in [3.63, 3.8) is 0 Å². The highest BCUT2D eigenvalue weighted by Gasteiger charge is 2.67. The minimum Gasteiger partial charge on any atom is -0.477 e. The molecular formula is C19H21N7O6S3. The topological polar surface area (TPSA) is 182 Å². The van der Waals surface area contributed by atoms with Crippen molar-refractivity contribution in [2.45, 2.75) is 22.3 Å². The van der Waals surface area contributed by atoms with E-state index in [4.69, 9.17) is 10.5 Å². The number of aromatic nitrogens is 3. The first kappa shape index (κ1) is 25.0. The molecule has 3 atom stereocenters. The molecule has 0 radical (unpaired) electrons. The largest absolute Gasteiger partial charge is 0.477 e. The van der Waals surface area contributed by atoms with Gasteiger partial charge < -0.3 is 26.2 Å². The highest BCUT2D eigenvalue weighted by molar-refractivity contribution is 8.01. The van der Waals surface area contributed by atoms with Gasteiger partial charge >= 0.3 is 12.0 Å².